The maximum atomic E-state index is 11.9. The Bertz CT molecular complexity index is 504. The number of carbonyl (C=O) groups is 1. The van der Waals surface area contributed by atoms with Crippen LogP contribution >= 0.6 is 11.6 Å². The molecule has 5 nitrogen and oxygen atoms in total. The first-order valence-electron chi connectivity index (χ1n) is 4.99. The minimum absolute atomic E-state index is 0.292. The number of benzene rings is 1. The van der Waals surface area contributed by atoms with E-state index in [9.17, 15) is 4.79 Å². The summed E-state index contributed by atoms with van der Waals surface area (Å²) in [5.74, 6) is 0.355. The van der Waals surface area contributed by atoms with Crippen molar-refractivity contribution < 1.29 is 4.79 Å². The Labute approximate surface area is 103 Å². The summed E-state index contributed by atoms with van der Waals surface area (Å²) < 4.78 is 0. The van der Waals surface area contributed by atoms with E-state index >= 15 is 0 Å². The molecule has 1 amide bonds. The van der Waals surface area contributed by atoms with Crippen LogP contribution in [0.5, 0.6) is 0 Å². The van der Waals surface area contributed by atoms with Gasteiger partial charge in [0, 0.05) is 18.1 Å². The Morgan fingerprint density at radius 2 is 2.35 bits per heavy atom. The standard InChI is InChI=1S/C11H11ClN4O/c12-7-2-1-3-8(13)10(7)11(17)16-6-9-14-4-5-15-9/h1-5H,6,13H2,(H,14,15)(H,16,17). The number of aromatic amines is 1. The highest BCUT2D eigenvalue weighted by molar-refractivity contribution is 6.34. The van der Waals surface area contributed by atoms with Crippen LogP contribution in [0.2, 0.25) is 5.02 Å². The molecule has 88 valence electrons. The summed E-state index contributed by atoms with van der Waals surface area (Å²) in [5.41, 5.74) is 6.35. The third-order valence-electron chi connectivity index (χ3n) is 2.24. The van der Waals surface area contributed by atoms with Gasteiger partial charge < -0.3 is 16.0 Å². The molecule has 0 aliphatic carbocycles. The average molecular weight is 251 g/mol. The van der Waals surface area contributed by atoms with Gasteiger partial charge in [0.15, 0.2) is 0 Å². The third-order valence-corrected chi connectivity index (χ3v) is 2.56. The summed E-state index contributed by atoms with van der Waals surface area (Å²) in [7, 11) is 0. The molecule has 2 aromatic rings. The van der Waals surface area contributed by atoms with Crippen LogP contribution in [0.25, 0.3) is 0 Å². The van der Waals surface area contributed by atoms with E-state index in [2.05, 4.69) is 15.3 Å². The predicted molar refractivity (Wildman–Crippen MR) is 65.6 cm³/mol. The number of nitrogens with zero attached hydrogens (tertiary/aromatic N) is 1. The number of imidazole rings is 1. The van der Waals surface area contributed by atoms with E-state index in [0.717, 1.165) is 0 Å². The predicted octanol–water partition coefficient (Wildman–Crippen LogP) is 1.58. The molecule has 0 bridgehead atoms. The maximum Gasteiger partial charge on any atom is 0.255 e. The van der Waals surface area contributed by atoms with Gasteiger partial charge in [-0.15, -0.1) is 0 Å². The number of hydrogen-bond acceptors (Lipinski definition) is 3. The lowest BCUT2D eigenvalue weighted by Crippen LogP contribution is -2.24. The van der Waals surface area contributed by atoms with Crippen LogP contribution in [-0.2, 0) is 6.54 Å². The molecule has 0 aliphatic rings. The van der Waals surface area contributed by atoms with E-state index in [1.54, 1.807) is 30.6 Å². The molecule has 17 heavy (non-hydrogen) atoms. The maximum absolute atomic E-state index is 11.9. The van der Waals surface area contributed by atoms with Gasteiger partial charge in [-0.25, -0.2) is 4.98 Å². The lowest BCUT2D eigenvalue weighted by atomic mass is 10.1. The fraction of sp³-hybridized carbons (Fsp3) is 0.0909. The molecule has 0 atom stereocenters. The van der Waals surface area contributed by atoms with Crippen molar-refractivity contribution in [2.45, 2.75) is 6.54 Å². The van der Waals surface area contributed by atoms with Gasteiger partial charge >= 0.3 is 0 Å². The van der Waals surface area contributed by atoms with Crippen molar-refractivity contribution in [3.05, 3.63) is 47.0 Å². The Morgan fingerprint density at radius 1 is 1.53 bits per heavy atom. The third kappa shape index (κ3) is 2.57. The van der Waals surface area contributed by atoms with Crippen LogP contribution in [-0.4, -0.2) is 15.9 Å². The molecule has 6 heteroatoms. The minimum Gasteiger partial charge on any atom is -0.398 e. The van der Waals surface area contributed by atoms with E-state index in [1.807, 2.05) is 0 Å². The number of nitrogens with two attached hydrogens (primary N) is 1. The van der Waals surface area contributed by atoms with E-state index in [4.69, 9.17) is 17.3 Å². The Hall–Kier alpha value is -2.01. The first-order chi connectivity index (χ1) is 8.18. The van der Waals surface area contributed by atoms with Crippen LogP contribution in [0.1, 0.15) is 16.2 Å². The van der Waals surface area contributed by atoms with Crippen molar-refractivity contribution in [1.82, 2.24) is 15.3 Å². The molecular formula is C11H11ClN4O. The number of hydrogen-bond donors (Lipinski definition) is 3. The number of anilines is 1. The van der Waals surface area contributed by atoms with Crippen molar-refractivity contribution in [1.29, 1.82) is 0 Å². The molecule has 0 aliphatic heterocycles. The van der Waals surface area contributed by atoms with Crippen LogP contribution < -0.4 is 11.1 Å². The molecule has 0 fully saturated rings. The Morgan fingerprint density at radius 3 is 3.00 bits per heavy atom. The van der Waals surface area contributed by atoms with Gasteiger partial charge in [-0.3, -0.25) is 4.79 Å². The van der Waals surface area contributed by atoms with Gasteiger partial charge in [-0.2, -0.15) is 0 Å². The van der Waals surface area contributed by atoms with Crippen molar-refractivity contribution in [3.8, 4) is 0 Å². The first-order valence-corrected chi connectivity index (χ1v) is 5.36. The van der Waals surface area contributed by atoms with Gasteiger partial charge in [0.05, 0.1) is 17.1 Å². The lowest BCUT2D eigenvalue weighted by molar-refractivity contribution is 0.0951. The largest absolute Gasteiger partial charge is 0.398 e. The molecule has 0 saturated carbocycles. The fourth-order valence-electron chi connectivity index (χ4n) is 1.43. The second-order valence-corrected chi connectivity index (χ2v) is 3.83. The van der Waals surface area contributed by atoms with E-state index in [0.29, 0.717) is 28.6 Å². The monoisotopic (exact) mass is 250 g/mol. The number of nitrogen functional groups attached to an aromatic ring is 1. The highest BCUT2D eigenvalue weighted by atomic mass is 35.5. The van der Waals surface area contributed by atoms with Gasteiger partial charge in [-0.05, 0) is 12.1 Å². The molecule has 0 spiro atoms. The number of amides is 1. The minimum atomic E-state index is -0.315. The van der Waals surface area contributed by atoms with Gasteiger partial charge in [0.2, 0.25) is 0 Å². The topological polar surface area (TPSA) is 83.8 Å². The van der Waals surface area contributed by atoms with Crippen LogP contribution in [0, 0.1) is 0 Å². The van der Waals surface area contributed by atoms with E-state index in [1.165, 1.54) is 0 Å². The summed E-state index contributed by atoms with van der Waals surface area (Å²) in [6.45, 7) is 0.302. The Balaban J connectivity index is 2.10. The number of aromatic nitrogens is 2. The quantitative estimate of drug-likeness (QED) is 0.723. The second kappa shape index (κ2) is 4.88. The zero-order valence-corrected chi connectivity index (χ0v) is 9.66. The van der Waals surface area contributed by atoms with Crippen molar-refractivity contribution in [2.75, 3.05) is 5.73 Å². The van der Waals surface area contributed by atoms with Crippen LogP contribution in [0.4, 0.5) is 5.69 Å². The van der Waals surface area contributed by atoms with Crippen molar-refractivity contribution >= 4 is 23.2 Å². The van der Waals surface area contributed by atoms with Crippen molar-refractivity contribution in [2.24, 2.45) is 0 Å². The molecule has 0 radical (unpaired) electrons. The highest BCUT2D eigenvalue weighted by Gasteiger charge is 2.13. The van der Waals surface area contributed by atoms with Gasteiger partial charge in [0.25, 0.3) is 5.91 Å². The summed E-state index contributed by atoms with van der Waals surface area (Å²) >= 11 is 5.92. The van der Waals surface area contributed by atoms with Gasteiger partial charge in [-0.1, -0.05) is 17.7 Å². The molecule has 4 N–H and O–H groups in total. The molecule has 1 aromatic heterocycles. The molecular weight excluding hydrogens is 240 g/mol. The number of rotatable bonds is 3. The van der Waals surface area contributed by atoms with E-state index < -0.39 is 0 Å². The summed E-state index contributed by atoms with van der Waals surface area (Å²) in [5, 5.41) is 3.02. The lowest BCUT2D eigenvalue weighted by Gasteiger charge is -2.07. The molecule has 0 unspecified atom stereocenters. The van der Waals surface area contributed by atoms with Crippen molar-refractivity contribution in [3.63, 3.8) is 0 Å². The van der Waals surface area contributed by atoms with Gasteiger partial charge in [0.1, 0.15) is 5.82 Å². The second-order valence-electron chi connectivity index (χ2n) is 3.42. The number of H-pyrrole nitrogens is 1. The summed E-state index contributed by atoms with van der Waals surface area (Å²) in [6.07, 6.45) is 3.30. The Kier molecular flexibility index (Phi) is 3.30. The summed E-state index contributed by atoms with van der Waals surface area (Å²) in [6, 6.07) is 4.95. The molecule has 1 heterocycles. The van der Waals surface area contributed by atoms with Crippen LogP contribution in [0.15, 0.2) is 30.6 Å². The molecule has 2 rings (SSSR count). The molecule has 1 aromatic carbocycles. The zero-order chi connectivity index (χ0) is 12.3. The van der Waals surface area contributed by atoms with E-state index in [-0.39, 0.29) is 5.91 Å². The average Bonchev–Trinajstić information content (AvgIpc) is 2.79. The number of carbonyl (C=O) groups excluding carboxylic acids is 1. The SMILES string of the molecule is Nc1cccc(Cl)c1C(=O)NCc1ncc[nH]1. The normalized spacial score (nSPS) is 10.2. The molecule has 0 saturated heterocycles. The highest BCUT2D eigenvalue weighted by Crippen LogP contribution is 2.21. The first kappa shape index (κ1) is 11.5. The zero-order valence-electron chi connectivity index (χ0n) is 8.90. The number of nitrogens with one attached hydrogen (secondary N) is 2. The summed E-state index contributed by atoms with van der Waals surface area (Å²) in [4.78, 5) is 18.7. The smallest absolute Gasteiger partial charge is 0.255 e. The fourth-order valence-corrected chi connectivity index (χ4v) is 1.70. The number of halogens is 1. The van der Waals surface area contributed by atoms with Crippen LogP contribution in [0.3, 0.4) is 0 Å².